The van der Waals surface area contributed by atoms with Gasteiger partial charge in [-0.25, -0.2) is 8.42 Å². The number of nitrogens with zero attached hydrogens (tertiary/aromatic N) is 2. The number of amides is 1. The third-order valence-corrected chi connectivity index (χ3v) is 6.38. The molecule has 0 unspecified atom stereocenters. The molecular formula is C16H23ClN2O3S. The predicted molar refractivity (Wildman–Crippen MR) is 90.9 cm³/mol. The Balaban J connectivity index is 1.99. The Kier molecular flexibility index (Phi) is 6.06. The summed E-state index contributed by atoms with van der Waals surface area (Å²) < 4.78 is 26.7. The SMILES string of the molecule is CC(C)CCC(=O)N1CCN(S(=O)(=O)c2ccccc2Cl)CC1. The largest absolute Gasteiger partial charge is 0.340 e. The first-order valence-corrected chi connectivity index (χ1v) is 9.66. The van der Waals surface area contributed by atoms with Crippen molar-refractivity contribution in [2.45, 2.75) is 31.6 Å². The van der Waals surface area contributed by atoms with Crippen LogP contribution in [0.2, 0.25) is 5.02 Å². The zero-order valence-electron chi connectivity index (χ0n) is 13.5. The summed E-state index contributed by atoms with van der Waals surface area (Å²) in [7, 11) is -3.60. The fourth-order valence-electron chi connectivity index (χ4n) is 2.54. The van der Waals surface area contributed by atoms with E-state index in [2.05, 4.69) is 13.8 Å². The number of hydrogen-bond acceptors (Lipinski definition) is 3. The molecule has 1 amide bonds. The molecule has 1 saturated heterocycles. The van der Waals surface area contributed by atoms with Gasteiger partial charge in [-0.3, -0.25) is 4.79 Å². The van der Waals surface area contributed by atoms with Crippen LogP contribution in [0, 0.1) is 5.92 Å². The van der Waals surface area contributed by atoms with Gasteiger partial charge < -0.3 is 4.90 Å². The summed E-state index contributed by atoms with van der Waals surface area (Å²) in [6.07, 6.45) is 1.38. The van der Waals surface area contributed by atoms with Crippen LogP contribution in [0.25, 0.3) is 0 Å². The van der Waals surface area contributed by atoms with E-state index in [1.165, 1.54) is 10.4 Å². The van der Waals surface area contributed by atoms with E-state index in [0.29, 0.717) is 38.5 Å². The molecule has 5 nitrogen and oxygen atoms in total. The van der Waals surface area contributed by atoms with E-state index in [4.69, 9.17) is 11.6 Å². The van der Waals surface area contributed by atoms with Crippen LogP contribution in [0.15, 0.2) is 29.2 Å². The van der Waals surface area contributed by atoms with Crippen molar-refractivity contribution in [2.24, 2.45) is 5.92 Å². The molecule has 0 saturated carbocycles. The van der Waals surface area contributed by atoms with Crippen molar-refractivity contribution >= 4 is 27.5 Å². The van der Waals surface area contributed by atoms with E-state index in [0.717, 1.165) is 6.42 Å². The normalized spacial score (nSPS) is 16.8. The molecule has 1 aromatic rings. The van der Waals surface area contributed by atoms with Crippen molar-refractivity contribution in [2.75, 3.05) is 26.2 Å². The molecule has 0 bridgehead atoms. The van der Waals surface area contributed by atoms with Crippen LogP contribution in [-0.4, -0.2) is 49.7 Å². The molecule has 1 heterocycles. The number of carbonyl (C=O) groups excluding carboxylic acids is 1. The van der Waals surface area contributed by atoms with Gasteiger partial charge in [-0.15, -0.1) is 0 Å². The van der Waals surface area contributed by atoms with Crippen LogP contribution < -0.4 is 0 Å². The summed E-state index contributed by atoms with van der Waals surface area (Å²) in [5, 5.41) is 0.225. The lowest BCUT2D eigenvalue weighted by atomic mass is 10.1. The molecule has 1 aromatic carbocycles. The first-order chi connectivity index (χ1) is 10.8. The summed E-state index contributed by atoms with van der Waals surface area (Å²) in [6.45, 7) is 5.64. The smallest absolute Gasteiger partial charge is 0.244 e. The van der Waals surface area contributed by atoms with E-state index in [9.17, 15) is 13.2 Å². The van der Waals surface area contributed by atoms with Crippen LogP contribution in [0.3, 0.4) is 0 Å². The first-order valence-electron chi connectivity index (χ1n) is 7.85. The summed E-state index contributed by atoms with van der Waals surface area (Å²) in [6, 6.07) is 6.44. The highest BCUT2D eigenvalue weighted by atomic mass is 35.5. The molecule has 7 heteroatoms. The van der Waals surface area contributed by atoms with Crippen molar-refractivity contribution < 1.29 is 13.2 Å². The molecule has 1 fully saturated rings. The fourth-order valence-corrected chi connectivity index (χ4v) is 4.46. The number of sulfonamides is 1. The maximum atomic E-state index is 12.6. The minimum atomic E-state index is -3.60. The van der Waals surface area contributed by atoms with Crippen LogP contribution in [0.1, 0.15) is 26.7 Å². The molecule has 0 radical (unpaired) electrons. The minimum absolute atomic E-state index is 0.105. The molecule has 0 atom stereocenters. The third kappa shape index (κ3) is 4.46. The van der Waals surface area contributed by atoms with Gasteiger partial charge in [-0.2, -0.15) is 4.31 Å². The Morgan fingerprint density at radius 2 is 1.78 bits per heavy atom. The molecule has 0 spiro atoms. The average molecular weight is 359 g/mol. The third-order valence-electron chi connectivity index (χ3n) is 3.98. The van der Waals surface area contributed by atoms with Gasteiger partial charge >= 0.3 is 0 Å². The van der Waals surface area contributed by atoms with Crippen LogP contribution >= 0.6 is 11.6 Å². The molecule has 23 heavy (non-hydrogen) atoms. The fraction of sp³-hybridized carbons (Fsp3) is 0.562. The molecular weight excluding hydrogens is 336 g/mol. The number of benzene rings is 1. The Bertz CT molecular complexity index is 653. The van der Waals surface area contributed by atoms with Crippen molar-refractivity contribution in [1.29, 1.82) is 0 Å². The second-order valence-electron chi connectivity index (χ2n) is 6.15. The monoisotopic (exact) mass is 358 g/mol. The Hall–Kier alpha value is -1.11. The van der Waals surface area contributed by atoms with Crippen LogP contribution in [0.4, 0.5) is 0 Å². The molecule has 128 valence electrons. The van der Waals surface area contributed by atoms with Gasteiger partial charge in [0.15, 0.2) is 0 Å². The van der Waals surface area contributed by atoms with Gasteiger partial charge in [0.25, 0.3) is 0 Å². The average Bonchev–Trinajstić information content (AvgIpc) is 2.53. The highest BCUT2D eigenvalue weighted by Gasteiger charge is 2.31. The maximum absolute atomic E-state index is 12.6. The van der Waals surface area contributed by atoms with Gasteiger partial charge in [-0.05, 0) is 24.5 Å². The first kappa shape index (κ1) is 18.2. The minimum Gasteiger partial charge on any atom is -0.340 e. The van der Waals surface area contributed by atoms with Gasteiger partial charge in [0.05, 0.1) is 5.02 Å². The molecule has 0 N–H and O–H groups in total. The maximum Gasteiger partial charge on any atom is 0.244 e. The van der Waals surface area contributed by atoms with Gasteiger partial charge in [0.2, 0.25) is 15.9 Å². The standard InChI is InChI=1S/C16H23ClN2O3S/c1-13(2)7-8-16(20)18-9-11-19(12-10-18)23(21,22)15-6-4-3-5-14(15)17/h3-6,13H,7-12H2,1-2H3. The van der Waals surface area contributed by atoms with Crippen molar-refractivity contribution in [3.8, 4) is 0 Å². The van der Waals surface area contributed by atoms with E-state index in [1.807, 2.05) is 0 Å². The second-order valence-corrected chi connectivity index (χ2v) is 8.46. The highest BCUT2D eigenvalue weighted by Crippen LogP contribution is 2.25. The molecule has 0 aromatic heterocycles. The zero-order chi connectivity index (χ0) is 17.0. The second kappa shape index (κ2) is 7.64. The van der Waals surface area contributed by atoms with Gasteiger partial charge in [0, 0.05) is 32.6 Å². The molecule has 2 rings (SSSR count). The van der Waals surface area contributed by atoms with Crippen LogP contribution in [-0.2, 0) is 14.8 Å². The summed E-state index contributed by atoms with van der Waals surface area (Å²) in [4.78, 5) is 14.0. The number of rotatable bonds is 5. The molecule has 1 aliphatic heterocycles. The lowest BCUT2D eigenvalue weighted by molar-refractivity contribution is -0.132. The Morgan fingerprint density at radius 3 is 2.35 bits per heavy atom. The predicted octanol–water partition coefficient (Wildman–Crippen LogP) is 2.61. The van der Waals surface area contributed by atoms with Crippen molar-refractivity contribution in [3.63, 3.8) is 0 Å². The lowest BCUT2D eigenvalue weighted by Gasteiger charge is -2.34. The number of piperazine rings is 1. The van der Waals surface area contributed by atoms with Crippen molar-refractivity contribution in [3.05, 3.63) is 29.3 Å². The van der Waals surface area contributed by atoms with E-state index >= 15 is 0 Å². The van der Waals surface area contributed by atoms with Gasteiger partial charge in [0.1, 0.15) is 4.90 Å². The van der Waals surface area contributed by atoms with E-state index in [1.54, 1.807) is 23.1 Å². The quantitative estimate of drug-likeness (QED) is 0.813. The number of halogens is 1. The zero-order valence-corrected chi connectivity index (χ0v) is 15.1. The molecule has 0 aliphatic carbocycles. The Labute approximate surface area is 143 Å². The number of hydrogen-bond donors (Lipinski definition) is 0. The highest BCUT2D eigenvalue weighted by molar-refractivity contribution is 7.89. The van der Waals surface area contributed by atoms with Gasteiger partial charge in [-0.1, -0.05) is 37.6 Å². The summed E-state index contributed by atoms with van der Waals surface area (Å²) in [5.41, 5.74) is 0. The van der Waals surface area contributed by atoms with E-state index in [-0.39, 0.29) is 15.8 Å². The summed E-state index contributed by atoms with van der Waals surface area (Å²) in [5.74, 6) is 0.592. The number of carbonyl (C=O) groups is 1. The van der Waals surface area contributed by atoms with Crippen LogP contribution in [0.5, 0.6) is 0 Å². The molecule has 1 aliphatic rings. The van der Waals surface area contributed by atoms with Crippen molar-refractivity contribution in [1.82, 2.24) is 9.21 Å². The Morgan fingerprint density at radius 1 is 1.17 bits per heavy atom. The topological polar surface area (TPSA) is 57.7 Å². The summed E-state index contributed by atoms with van der Waals surface area (Å²) >= 11 is 6.01. The van der Waals surface area contributed by atoms with E-state index < -0.39 is 10.0 Å². The lowest BCUT2D eigenvalue weighted by Crippen LogP contribution is -2.50.